The van der Waals surface area contributed by atoms with E-state index in [1.807, 2.05) is 18.2 Å². The summed E-state index contributed by atoms with van der Waals surface area (Å²) in [7, 11) is 0. The molecule has 3 rings (SSSR count). The molecule has 1 atom stereocenters. The molecule has 1 spiro atoms. The van der Waals surface area contributed by atoms with Gasteiger partial charge in [-0.3, -0.25) is 0 Å². The van der Waals surface area contributed by atoms with E-state index in [-0.39, 0.29) is 5.60 Å². The van der Waals surface area contributed by atoms with Gasteiger partial charge in [0.05, 0.1) is 0 Å². The smallest absolute Gasteiger partial charge is 0.141 e. The maximum absolute atomic E-state index is 6.03. The van der Waals surface area contributed by atoms with Crippen molar-refractivity contribution in [2.45, 2.75) is 12.0 Å². The van der Waals surface area contributed by atoms with Crippen LogP contribution in [0.4, 0.5) is 0 Å². The summed E-state index contributed by atoms with van der Waals surface area (Å²) in [5.41, 5.74) is 1.11. The van der Waals surface area contributed by atoms with Crippen molar-refractivity contribution in [3.63, 3.8) is 0 Å². The van der Waals surface area contributed by atoms with Gasteiger partial charge in [-0.1, -0.05) is 24.3 Å². The molecule has 0 bridgehead atoms. The second kappa shape index (κ2) is 2.85. The second-order valence-electron chi connectivity index (χ2n) is 3.96. The summed E-state index contributed by atoms with van der Waals surface area (Å²) < 4.78 is 6.03. The average Bonchev–Trinajstić information content (AvgIpc) is 2.66. The molecule has 1 saturated heterocycles. The van der Waals surface area contributed by atoms with Gasteiger partial charge in [0.25, 0.3) is 0 Å². The van der Waals surface area contributed by atoms with Crippen molar-refractivity contribution in [1.82, 2.24) is 5.32 Å². The molecule has 2 heteroatoms. The van der Waals surface area contributed by atoms with E-state index in [1.54, 1.807) is 0 Å². The minimum Gasteiger partial charge on any atom is -0.481 e. The van der Waals surface area contributed by atoms with E-state index >= 15 is 0 Å². The quantitative estimate of drug-likeness (QED) is 0.669. The first-order valence-electron chi connectivity index (χ1n) is 5.06. The van der Waals surface area contributed by atoms with Gasteiger partial charge in [-0.15, -0.1) is 0 Å². The fourth-order valence-corrected chi connectivity index (χ4v) is 2.12. The number of benzene rings is 1. The molecule has 72 valence electrons. The zero-order valence-electron chi connectivity index (χ0n) is 7.99. The van der Waals surface area contributed by atoms with Crippen LogP contribution in [0, 0.1) is 0 Å². The number of ether oxygens (including phenoxy) is 1. The lowest BCUT2D eigenvalue weighted by Crippen LogP contribution is -2.37. The lowest BCUT2D eigenvalue weighted by Gasteiger charge is -2.30. The maximum atomic E-state index is 6.03. The van der Waals surface area contributed by atoms with Crippen LogP contribution in [0.15, 0.2) is 30.3 Å². The zero-order chi connectivity index (χ0) is 9.43. The molecule has 2 aliphatic rings. The lowest BCUT2D eigenvalue weighted by molar-refractivity contribution is 0.139. The van der Waals surface area contributed by atoms with Crippen molar-refractivity contribution in [3.8, 4) is 5.75 Å². The van der Waals surface area contributed by atoms with Gasteiger partial charge in [-0.25, -0.2) is 0 Å². The Hall–Kier alpha value is -1.28. The summed E-state index contributed by atoms with van der Waals surface area (Å²) in [6.45, 7) is 1.98. The molecule has 0 aromatic heterocycles. The second-order valence-corrected chi connectivity index (χ2v) is 3.96. The highest BCUT2D eigenvalue weighted by Gasteiger charge is 2.35. The van der Waals surface area contributed by atoms with Crippen molar-refractivity contribution in [3.05, 3.63) is 35.9 Å². The Morgan fingerprint density at radius 1 is 1.29 bits per heavy atom. The number of rotatable bonds is 0. The molecule has 2 heterocycles. The summed E-state index contributed by atoms with van der Waals surface area (Å²) in [6.07, 6.45) is 5.43. The van der Waals surface area contributed by atoms with Gasteiger partial charge in [-0.2, -0.15) is 0 Å². The molecule has 14 heavy (non-hydrogen) atoms. The van der Waals surface area contributed by atoms with Crippen LogP contribution in [0.25, 0.3) is 6.08 Å². The standard InChI is InChI=1S/C12H13NO/c1-2-4-11-10(3-1)5-6-12(14-11)7-8-13-9-12/h1-6,13H,7-9H2/t12-/m1/s1. The Kier molecular flexibility index (Phi) is 1.64. The lowest BCUT2D eigenvalue weighted by atomic mass is 9.97. The predicted molar refractivity (Wildman–Crippen MR) is 56.3 cm³/mol. The van der Waals surface area contributed by atoms with Crippen LogP contribution in [0.2, 0.25) is 0 Å². The van der Waals surface area contributed by atoms with E-state index in [2.05, 4.69) is 23.5 Å². The van der Waals surface area contributed by atoms with Gasteiger partial charge in [0.1, 0.15) is 11.4 Å². The average molecular weight is 187 g/mol. The molecule has 1 N–H and O–H groups in total. The molecule has 0 radical (unpaired) electrons. The number of nitrogens with one attached hydrogen (secondary N) is 1. The van der Waals surface area contributed by atoms with Crippen LogP contribution in [-0.4, -0.2) is 18.7 Å². The van der Waals surface area contributed by atoms with Gasteiger partial charge in [-0.05, 0) is 18.7 Å². The highest BCUT2D eigenvalue weighted by atomic mass is 16.5. The van der Waals surface area contributed by atoms with E-state index in [1.165, 1.54) is 5.56 Å². The third kappa shape index (κ3) is 1.15. The molecule has 1 aromatic carbocycles. The largest absolute Gasteiger partial charge is 0.481 e. The number of hydrogen-bond acceptors (Lipinski definition) is 2. The van der Waals surface area contributed by atoms with Gasteiger partial charge in [0.15, 0.2) is 0 Å². The first kappa shape index (κ1) is 8.06. The molecular weight excluding hydrogens is 174 g/mol. The van der Waals surface area contributed by atoms with Gasteiger partial charge in [0.2, 0.25) is 0 Å². The van der Waals surface area contributed by atoms with Crippen LogP contribution >= 0.6 is 0 Å². The highest BCUT2D eigenvalue weighted by molar-refractivity contribution is 5.61. The van der Waals surface area contributed by atoms with Crippen molar-refractivity contribution in [2.24, 2.45) is 0 Å². The van der Waals surface area contributed by atoms with Crippen molar-refractivity contribution in [2.75, 3.05) is 13.1 Å². The fraction of sp³-hybridized carbons (Fsp3) is 0.333. The van der Waals surface area contributed by atoms with Crippen LogP contribution in [0.1, 0.15) is 12.0 Å². The normalized spacial score (nSPS) is 28.9. The highest BCUT2D eigenvalue weighted by Crippen LogP contribution is 2.33. The van der Waals surface area contributed by atoms with Crippen LogP contribution in [-0.2, 0) is 0 Å². The monoisotopic (exact) mass is 187 g/mol. The molecule has 2 aliphatic heterocycles. The van der Waals surface area contributed by atoms with E-state index < -0.39 is 0 Å². The SMILES string of the molecule is C1=C[C@]2(CCNC2)Oc2ccccc21. The van der Waals surface area contributed by atoms with E-state index in [0.717, 1.165) is 25.3 Å². The Balaban J connectivity index is 2.00. The summed E-state index contributed by atoms with van der Waals surface area (Å²) in [5, 5.41) is 3.34. The summed E-state index contributed by atoms with van der Waals surface area (Å²) in [6, 6.07) is 8.19. The molecular formula is C12H13NO. The molecule has 0 saturated carbocycles. The summed E-state index contributed by atoms with van der Waals surface area (Å²) in [5.74, 6) is 1.01. The van der Waals surface area contributed by atoms with E-state index in [9.17, 15) is 0 Å². The number of fused-ring (bicyclic) bond motifs is 1. The Labute approximate surface area is 83.6 Å². The first-order valence-corrected chi connectivity index (χ1v) is 5.06. The van der Waals surface area contributed by atoms with Crippen LogP contribution in [0.5, 0.6) is 5.75 Å². The predicted octanol–water partition coefficient (Wildman–Crippen LogP) is 1.82. The molecule has 1 aromatic rings. The third-order valence-corrected chi connectivity index (χ3v) is 2.95. The zero-order valence-corrected chi connectivity index (χ0v) is 7.99. The van der Waals surface area contributed by atoms with Crippen molar-refractivity contribution >= 4 is 6.08 Å². The number of para-hydroxylation sites is 1. The Morgan fingerprint density at radius 3 is 3.07 bits per heavy atom. The van der Waals surface area contributed by atoms with Crippen molar-refractivity contribution in [1.29, 1.82) is 0 Å². The number of hydrogen-bond donors (Lipinski definition) is 1. The summed E-state index contributed by atoms with van der Waals surface area (Å²) in [4.78, 5) is 0. The van der Waals surface area contributed by atoms with Gasteiger partial charge >= 0.3 is 0 Å². The molecule has 0 unspecified atom stereocenters. The Bertz CT molecular complexity index is 378. The third-order valence-electron chi connectivity index (χ3n) is 2.95. The van der Waals surface area contributed by atoms with Crippen LogP contribution in [0.3, 0.4) is 0 Å². The topological polar surface area (TPSA) is 21.3 Å². The van der Waals surface area contributed by atoms with E-state index in [4.69, 9.17) is 4.74 Å². The fourth-order valence-electron chi connectivity index (χ4n) is 2.12. The molecule has 2 nitrogen and oxygen atoms in total. The van der Waals surface area contributed by atoms with E-state index in [0.29, 0.717) is 0 Å². The molecule has 0 aliphatic carbocycles. The molecule has 0 amide bonds. The minimum atomic E-state index is -0.0750. The Morgan fingerprint density at radius 2 is 2.21 bits per heavy atom. The first-order chi connectivity index (χ1) is 6.88. The molecule has 1 fully saturated rings. The maximum Gasteiger partial charge on any atom is 0.141 e. The van der Waals surface area contributed by atoms with Crippen molar-refractivity contribution < 1.29 is 4.74 Å². The van der Waals surface area contributed by atoms with Gasteiger partial charge < -0.3 is 10.1 Å². The van der Waals surface area contributed by atoms with Gasteiger partial charge in [0, 0.05) is 18.5 Å². The van der Waals surface area contributed by atoms with Crippen LogP contribution < -0.4 is 10.1 Å². The summed E-state index contributed by atoms with van der Waals surface area (Å²) >= 11 is 0. The minimum absolute atomic E-state index is 0.0750.